The lowest BCUT2D eigenvalue weighted by Gasteiger charge is -2.21. The molecular weight excluding hydrogens is 272 g/mol. The van der Waals surface area contributed by atoms with Crippen LogP contribution in [0, 0.1) is 0 Å². The van der Waals surface area contributed by atoms with Crippen LogP contribution in [0.25, 0.3) is 0 Å². The Morgan fingerprint density at radius 2 is 1.85 bits per heavy atom. The lowest BCUT2D eigenvalue weighted by Crippen LogP contribution is -2.16. The minimum atomic E-state index is 0.629. The third kappa shape index (κ3) is 3.81. The first-order valence-corrected chi connectivity index (χ1v) is 6.95. The highest BCUT2D eigenvalue weighted by molar-refractivity contribution is 6.30. The molecule has 0 aliphatic carbocycles. The molecule has 2 aromatic rings. The topological polar surface area (TPSA) is 38.5 Å². The molecule has 0 spiro atoms. The molecule has 3 nitrogen and oxygen atoms in total. The maximum atomic E-state index is 5.92. The van der Waals surface area contributed by atoms with E-state index in [0.717, 1.165) is 23.0 Å². The average molecular weight is 291 g/mol. The SMILES string of the molecule is CCOc1cc(N)cc(N(C)Cc2ccc(Cl)cc2)c1. The third-order valence-corrected chi connectivity index (χ3v) is 3.25. The van der Waals surface area contributed by atoms with Gasteiger partial charge in [-0.05, 0) is 30.7 Å². The van der Waals surface area contributed by atoms with Crippen molar-refractivity contribution in [1.29, 1.82) is 0 Å². The summed E-state index contributed by atoms with van der Waals surface area (Å²) in [6.45, 7) is 3.37. The maximum absolute atomic E-state index is 5.92. The van der Waals surface area contributed by atoms with Gasteiger partial charge in [-0.25, -0.2) is 0 Å². The summed E-state index contributed by atoms with van der Waals surface area (Å²) in [6, 6.07) is 13.6. The number of halogens is 1. The quantitative estimate of drug-likeness (QED) is 0.847. The van der Waals surface area contributed by atoms with Crippen LogP contribution in [-0.2, 0) is 6.54 Å². The predicted octanol–water partition coefficient (Wildman–Crippen LogP) is 3.96. The molecule has 4 heteroatoms. The van der Waals surface area contributed by atoms with Crippen LogP contribution in [0.2, 0.25) is 5.02 Å². The highest BCUT2D eigenvalue weighted by Crippen LogP contribution is 2.26. The fourth-order valence-electron chi connectivity index (χ4n) is 2.03. The number of hydrogen-bond acceptors (Lipinski definition) is 3. The molecule has 0 aromatic heterocycles. The van der Waals surface area contributed by atoms with Crippen molar-refractivity contribution in [1.82, 2.24) is 0 Å². The zero-order chi connectivity index (χ0) is 14.5. The molecule has 0 amide bonds. The van der Waals surface area contributed by atoms with E-state index in [0.29, 0.717) is 12.3 Å². The van der Waals surface area contributed by atoms with E-state index in [4.69, 9.17) is 22.1 Å². The number of benzene rings is 2. The van der Waals surface area contributed by atoms with Crippen molar-refractivity contribution in [2.45, 2.75) is 13.5 Å². The molecule has 0 unspecified atom stereocenters. The molecule has 20 heavy (non-hydrogen) atoms. The van der Waals surface area contributed by atoms with Crippen LogP contribution in [0.3, 0.4) is 0 Å². The van der Waals surface area contributed by atoms with Gasteiger partial charge in [0.05, 0.1) is 6.61 Å². The van der Waals surface area contributed by atoms with Crippen LogP contribution in [0.4, 0.5) is 11.4 Å². The Labute approximate surface area is 124 Å². The van der Waals surface area contributed by atoms with Gasteiger partial charge < -0.3 is 15.4 Å². The Bertz CT molecular complexity index is 569. The Morgan fingerprint density at radius 1 is 1.15 bits per heavy atom. The van der Waals surface area contributed by atoms with Gasteiger partial charge in [0, 0.05) is 42.1 Å². The molecule has 2 rings (SSSR count). The standard InChI is InChI=1S/C16H19ClN2O/c1-3-20-16-9-14(18)8-15(10-16)19(2)11-12-4-6-13(17)7-5-12/h4-10H,3,11,18H2,1-2H3. The van der Waals surface area contributed by atoms with Crippen molar-refractivity contribution in [3.63, 3.8) is 0 Å². The van der Waals surface area contributed by atoms with Gasteiger partial charge in [0.1, 0.15) is 5.75 Å². The summed E-state index contributed by atoms with van der Waals surface area (Å²) in [6.07, 6.45) is 0. The van der Waals surface area contributed by atoms with Crippen LogP contribution >= 0.6 is 11.6 Å². The first-order chi connectivity index (χ1) is 9.58. The van der Waals surface area contributed by atoms with Crippen LogP contribution < -0.4 is 15.4 Å². The van der Waals surface area contributed by atoms with Gasteiger partial charge in [-0.3, -0.25) is 0 Å². The molecule has 106 valence electrons. The second-order valence-corrected chi connectivity index (χ2v) is 5.11. The number of nitrogen functional groups attached to an aromatic ring is 1. The van der Waals surface area contributed by atoms with Gasteiger partial charge in [-0.2, -0.15) is 0 Å². The predicted molar refractivity (Wildman–Crippen MR) is 85.6 cm³/mol. The number of rotatable bonds is 5. The Kier molecular flexibility index (Phi) is 4.74. The van der Waals surface area contributed by atoms with E-state index in [2.05, 4.69) is 4.90 Å². The normalized spacial score (nSPS) is 10.3. The monoisotopic (exact) mass is 290 g/mol. The molecule has 0 saturated carbocycles. The summed E-state index contributed by atoms with van der Waals surface area (Å²) in [7, 11) is 2.03. The number of nitrogens with two attached hydrogens (primary N) is 1. The second kappa shape index (κ2) is 6.53. The summed E-state index contributed by atoms with van der Waals surface area (Å²) in [5, 5.41) is 0.749. The minimum Gasteiger partial charge on any atom is -0.494 e. The molecule has 0 aliphatic rings. The largest absolute Gasteiger partial charge is 0.494 e. The molecule has 0 atom stereocenters. The number of nitrogens with zero attached hydrogens (tertiary/aromatic N) is 1. The van der Waals surface area contributed by atoms with Crippen LogP contribution in [0.15, 0.2) is 42.5 Å². The van der Waals surface area contributed by atoms with Crippen molar-refractivity contribution >= 4 is 23.0 Å². The van der Waals surface area contributed by atoms with Crippen molar-refractivity contribution in [2.75, 3.05) is 24.3 Å². The van der Waals surface area contributed by atoms with Crippen LogP contribution in [0.5, 0.6) is 5.75 Å². The summed E-state index contributed by atoms with van der Waals surface area (Å²) in [5.74, 6) is 0.797. The lowest BCUT2D eigenvalue weighted by atomic mass is 10.2. The highest BCUT2D eigenvalue weighted by atomic mass is 35.5. The molecule has 0 aliphatic heterocycles. The molecular formula is C16H19ClN2O. The maximum Gasteiger partial charge on any atom is 0.123 e. The fourth-order valence-corrected chi connectivity index (χ4v) is 2.16. The van der Waals surface area contributed by atoms with Crippen molar-refractivity contribution in [2.24, 2.45) is 0 Å². The van der Waals surface area contributed by atoms with Crippen molar-refractivity contribution in [3.8, 4) is 5.75 Å². The van der Waals surface area contributed by atoms with E-state index in [1.54, 1.807) is 0 Å². The average Bonchev–Trinajstić information content (AvgIpc) is 2.41. The van der Waals surface area contributed by atoms with Gasteiger partial charge in [0.15, 0.2) is 0 Å². The minimum absolute atomic E-state index is 0.629. The summed E-state index contributed by atoms with van der Waals surface area (Å²) < 4.78 is 5.52. The van der Waals surface area contributed by atoms with Gasteiger partial charge in [-0.1, -0.05) is 23.7 Å². The summed E-state index contributed by atoms with van der Waals surface area (Å²) in [5.41, 5.74) is 8.84. The molecule has 0 saturated heterocycles. The fraction of sp³-hybridized carbons (Fsp3) is 0.250. The second-order valence-electron chi connectivity index (χ2n) is 4.68. The summed E-state index contributed by atoms with van der Waals surface area (Å²) in [4.78, 5) is 2.13. The highest BCUT2D eigenvalue weighted by Gasteiger charge is 2.06. The van der Waals surface area contributed by atoms with Gasteiger partial charge >= 0.3 is 0 Å². The zero-order valence-electron chi connectivity index (χ0n) is 11.8. The first kappa shape index (κ1) is 14.5. The third-order valence-electron chi connectivity index (χ3n) is 3.00. The number of anilines is 2. The van der Waals surface area contributed by atoms with E-state index in [-0.39, 0.29) is 0 Å². The number of hydrogen-bond donors (Lipinski definition) is 1. The molecule has 0 heterocycles. The Morgan fingerprint density at radius 3 is 2.50 bits per heavy atom. The van der Waals surface area contributed by atoms with Gasteiger partial charge in [0.25, 0.3) is 0 Å². The van der Waals surface area contributed by atoms with Crippen LogP contribution in [0.1, 0.15) is 12.5 Å². The molecule has 2 N–H and O–H groups in total. The van der Waals surface area contributed by atoms with Crippen LogP contribution in [-0.4, -0.2) is 13.7 Å². The Balaban J connectivity index is 2.15. The zero-order valence-corrected chi connectivity index (χ0v) is 12.5. The smallest absolute Gasteiger partial charge is 0.123 e. The van der Waals surface area contributed by atoms with E-state index in [9.17, 15) is 0 Å². The Hall–Kier alpha value is -1.87. The van der Waals surface area contributed by atoms with E-state index < -0.39 is 0 Å². The van der Waals surface area contributed by atoms with E-state index in [1.165, 1.54) is 5.56 Å². The van der Waals surface area contributed by atoms with E-state index >= 15 is 0 Å². The summed E-state index contributed by atoms with van der Waals surface area (Å²) >= 11 is 5.89. The lowest BCUT2D eigenvalue weighted by molar-refractivity contribution is 0.340. The molecule has 0 radical (unpaired) electrons. The van der Waals surface area contributed by atoms with Gasteiger partial charge in [-0.15, -0.1) is 0 Å². The van der Waals surface area contributed by atoms with Crippen molar-refractivity contribution < 1.29 is 4.74 Å². The van der Waals surface area contributed by atoms with Crippen molar-refractivity contribution in [3.05, 3.63) is 53.1 Å². The first-order valence-electron chi connectivity index (χ1n) is 6.57. The van der Waals surface area contributed by atoms with Gasteiger partial charge in [0.2, 0.25) is 0 Å². The molecule has 0 bridgehead atoms. The van der Waals surface area contributed by atoms with E-state index in [1.807, 2.05) is 56.4 Å². The molecule has 0 fully saturated rings. The number of ether oxygens (including phenoxy) is 1. The molecule has 2 aromatic carbocycles.